The number of aryl methyl sites for hydroxylation is 1. The SMILES string of the molecule is COC(=O)Cn1c(=NC(=O)c2cc(C)no2)sc2cc(SC)ccc21. The van der Waals surface area contributed by atoms with Crippen molar-refractivity contribution in [1.82, 2.24) is 9.72 Å². The molecule has 3 rings (SSSR count). The zero-order valence-corrected chi connectivity index (χ0v) is 15.4. The topological polar surface area (TPSA) is 86.7 Å². The maximum Gasteiger partial charge on any atom is 0.325 e. The molecule has 0 saturated heterocycles. The maximum atomic E-state index is 12.3. The maximum absolute atomic E-state index is 12.3. The van der Waals surface area contributed by atoms with Crippen LogP contribution in [0.3, 0.4) is 0 Å². The Kier molecular flexibility index (Phi) is 5.05. The number of thiazole rings is 1. The second-order valence-electron chi connectivity index (χ2n) is 5.13. The van der Waals surface area contributed by atoms with Crippen LogP contribution in [0.4, 0.5) is 0 Å². The first-order valence-electron chi connectivity index (χ1n) is 7.28. The number of hydrogen-bond donors (Lipinski definition) is 0. The second-order valence-corrected chi connectivity index (χ2v) is 7.02. The first kappa shape index (κ1) is 17.4. The molecule has 0 aliphatic carbocycles. The Morgan fingerprint density at radius 1 is 1.40 bits per heavy atom. The van der Waals surface area contributed by atoms with Crippen LogP contribution >= 0.6 is 23.1 Å². The number of nitrogens with zero attached hydrogens (tertiary/aromatic N) is 3. The van der Waals surface area contributed by atoms with E-state index in [9.17, 15) is 9.59 Å². The highest BCUT2D eigenvalue weighted by molar-refractivity contribution is 7.98. The van der Waals surface area contributed by atoms with Gasteiger partial charge in [-0.1, -0.05) is 16.5 Å². The molecular formula is C16H15N3O4S2. The van der Waals surface area contributed by atoms with Crippen molar-refractivity contribution in [2.75, 3.05) is 13.4 Å². The van der Waals surface area contributed by atoms with Crippen LogP contribution in [-0.2, 0) is 16.1 Å². The number of hydrogen-bond acceptors (Lipinski definition) is 7. The number of esters is 1. The van der Waals surface area contributed by atoms with E-state index in [1.165, 1.54) is 24.5 Å². The highest BCUT2D eigenvalue weighted by Crippen LogP contribution is 2.24. The quantitative estimate of drug-likeness (QED) is 0.513. The van der Waals surface area contributed by atoms with Crippen LogP contribution in [0.25, 0.3) is 10.2 Å². The van der Waals surface area contributed by atoms with Crippen molar-refractivity contribution in [3.8, 4) is 0 Å². The minimum Gasteiger partial charge on any atom is -0.468 e. The number of rotatable bonds is 4. The Hall–Kier alpha value is -2.39. The molecule has 0 saturated carbocycles. The number of carbonyl (C=O) groups is 2. The third kappa shape index (κ3) is 3.67. The van der Waals surface area contributed by atoms with Gasteiger partial charge in [0, 0.05) is 11.0 Å². The molecule has 0 N–H and O–H groups in total. The van der Waals surface area contributed by atoms with Crippen molar-refractivity contribution in [3.63, 3.8) is 0 Å². The van der Waals surface area contributed by atoms with Crippen molar-refractivity contribution in [1.29, 1.82) is 0 Å². The molecule has 7 nitrogen and oxygen atoms in total. The summed E-state index contributed by atoms with van der Waals surface area (Å²) in [6, 6.07) is 7.39. The van der Waals surface area contributed by atoms with Crippen molar-refractivity contribution < 1.29 is 18.8 Å². The molecular weight excluding hydrogens is 362 g/mol. The van der Waals surface area contributed by atoms with Gasteiger partial charge in [-0.2, -0.15) is 4.99 Å². The van der Waals surface area contributed by atoms with Crippen LogP contribution in [-0.4, -0.2) is 35.0 Å². The van der Waals surface area contributed by atoms with Gasteiger partial charge in [0.2, 0.25) is 5.76 Å². The molecule has 0 bridgehead atoms. The van der Waals surface area contributed by atoms with Crippen LogP contribution in [0.5, 0.6) is 0 Å². The lowest BCUT2D eigenvalue weighted by Crippen LogP contribution is -2.22. The fourth-order valence-electron chi connectivity index (χ4n) is 2.22. The van der Waals surface area contributed by atoms with E-state index < -0.39 is 11.9 Å². The molecule has 1 aromatic carbocycles. The van der Waals surface area contributed by atoms with Gasteiger partial charge in [0.15, 0.2) is 4.80 Å². The predicted molar refractivity (Wildman–Crippen MR) is 94.7 cm³/mol. The lowest BCUT2D eigenvalue weighted by atomic mass is 10.3. The summed E-state index contributed by atoms with van der Waals surface area (Å²) >= 11 is 2.94. The Morgan fingerprint density at radius 2 is 2.20 bits per heavy atom. The summed E-state index contributed by atoms with van der Waals surface area (Å²) in [4.78, 5) is 29.7. The normalized spacial score (nSPS) is 11.9. The van der Waals surface area contributed by atoms with E-state index in [1.807, 2.05) is 24.5 Å². The second kappa shape index (κ2) is 7.24. The van der Waals surface area contributed by atoms with Crippen LogP contribution in [0.2, 0.25) is 0 Å². The van der Waals surface area contributed by atoms with E-state index in [0.29, 0.717) is 10.5 Å². The number of fused-ring (bicyclic) bond motifs is 1. The van der Waals surface area contributed by atoms with Gasteiger partial charge in [0.05, 0.1) is 23.0 Å². The molecule has 0 aliphatic rings. The monoisotopic (exact) mass is 377 g/mol. The molecule has 25 heavy (non-hydrogen) atoms. The van der Waals surface area contributed by atoms with Crippen LogP contribution < -0.4 is 4.80 Å². The molecule has 0 spiro atoms. The Bertz CT molecular complexity index is 1020. The van der Waals surface area contributed by atoms with Gasteiger partial charge in [-0.05, 0) is 31.4 Å². The molecule has 2 aromatic heterocycles. The Balaban J connectivity index is 2.14. The molecule has 130 valence electrons. The van der Waals surface area contributed by atoms with E-state index >= 15 is 0 Å². The lowest BCUT2D eigenvalue weighted by Gasteiger charge is -2.03. The summed E-state index contributed by atoms with van der Waals surface area (Å²) in [5.74, 6) is -0.904. The Labute approximate surface area is 151 Å². The average Bonchev–Trinajstić information content (AvgIpc) is 3.18. The molecule has 0 unspecified atom stereocenters. The third-order valence-corrected chi connectivity index (χ3v) is 5.21. The first-order chi connectivity index (χ1) is 12.0. The van der Waals surface area contributed by atoms with Crippen molar-refractivity contribution in [3.05, 3.63) is 40.5 Å². The summed E-state index contributed by atoms with van der Waals surface area (Å²) in [5.41, 5.74) is 1.41. The van der Waals surface area contributed by atoms with E-state index in [0.717, 1.165) is 15.1 Å². The summed E-state index contributed by atoms with van der Waals surface area (Å²) in [7, 11) is 1.32. The Morgan fingerprint density at radius 3 is 2.84 bits per heavy atom. The highest BCUT2D eigenvalue weighted by atomic mass is 32.2. The summed E-state index contributed by atoms with van der Waals surface area (Å²) in [5, 5.41) is 3.69. The van der Waals surface area contributed by atoms with Gasteiger partial charge in [-0.3, -0.25) is 9.59 Å². The van der Waals surface area contributed by atoms with Crippen LogP contribution in [0.15, 0.2) is 38.7 Å². The summed E-state index contributed by atoms with van der Waals surface area (Å²) in [6.45, 7) is 1.69. The van der Waals surface area contributed by atoms with Gasteiger partial charge >= 0.3 is 11.9 Å². The molecule has 3 aromatic rings. The lowest BCUT2D eigenvalue weighted by molar-refractivity contribution is -0.141. The minimum atomic E-state index is -0.545. The third-order valence-electron chi connectivity index (χ3n) is 3.44. The molecule has 0 radical (unpaired) electrons. The number of amides is 1. The molecule has 0 fully saturated rings. The van der Waals surface area contributed by atoms with Gasteiger partial charge < -0.3 is 13.8 Å². The molecule has 0 atom stereocenters. The molecule has 2 heterocycles. The summed E-state index contributed by atoms with van der Waals surface area (Å²) < 4.78 is 12.3. The van der Waals surface area contributed by atoms with Gasteiger partial charge in [0.25, 0.3) is 0 Å². The number of thioether (sulfide) groups is 1. The van der Waals surface area contributed by atoms with Crippen molar-refractivity contribution >= 4 is 45.2 Å². The first-order valence-corrected chi connectivity index (χ1v) is 9.32. The van der Waals surface area contributed by atoms with Gasteiger partial charge in [-0.25, -0.2) is 0 Å². The fraction of sp³-hybridized carbons (Fsp3) is 0.250. The van der Waals surface area contributed by atoms with Crippen LogP contribution in [0, 0.1) is 6.92 Å². The number of methoxy groups -OCH3 is 1. The van der Waals surface area contributed by atoms with Crippen LogP contribution in [0.1, 0.15) is 16.2 Å². The molecule has 1 amide bonds. The fourth-order valence-corrected chi connectivity index (χ4v) is 3.80. The van der Waals surface area contributed by atoms with E-state index in [1.54, 1.807) is 23.3 Å². The molecule has 0 aliphatic heterocycles. The zero-order chi connectivity index (χ0) is 18.0. The minimum absolute atomic E-state index is 0.0311. The smallest absolute Gasteiger partial charge is 0.325 e. The van der Waals surface area contributed by atoms with E-state index in [-0.39, 0.29) is 12.3 Å². The zero-order valence-electron chi connectivity index (χ0n) is 13.8. The summed E-state index contributed by atoms with van der Waals surface area (Å²) in [6.07, 6.45) is 1.98. The van der Waals surface area contributed by atoms with Crippen molar-refractivity contribution in [2.45, 2.75) is 18.4 Å². The number of benzene rings is 1. The number of ether oxygens (including phenoxy) is 1. The number of aromatic nitrogens is 2. The average molecular weight is 377 g/mol. The standard InChI is InChI=1S/C16H15N3O4S2/c1-9-6-12(23-18-9)15(21)17-16-19(8-14(20)22-2)11-5-4-10(24-3)7-13(11)25-16/h4-7H,8H2,1-3H3. The van der Waals surface area contributed by atoms with Gasteiger partial charge in [0.1, 0.15) is 6.54 Å². The van der Waals surface area contributed by atoms with E-state index in [2.05, 4.69) is 10.1 Å². The predicted octanol–water partition coefficient (Wildman–Crippen LogP) is 2.64. The van der Waals surface area contributed by atoms with E-state index in [4.69, 9.17) is 9.26 Å². The molecule has 9 heteroatoms. The van der Waals surface area contributed by atoms with Gasteiger partial charge in [-0.15, -0.1) is 11.8 Å². The highest BCUT2D eigenvalue weighted by Gasteiger charge is 2.15. The van der Waals surface area contributed by atoms with Crippen molar-refractivity contribution in [2.24, 2.45) is 4.99 Å². The number of carbonyl (C=O) groups excluding carboxylic acids is 2. The largest absolute Gasteiger partial charge is 0.468 e.